The Kier molecular flexibility index (Phi) is 28.1. The Morgan fingerprint density at radius 1 is 0.500 bits per heavy atom. The van der Waals surface area contributed by atoms with E-state index in [4.69, 9.17) is 29.2 Å². The van der Waals surface area contributed by atoms with Gasteiger partial charge in [0.1, 0.15) is 0 Å². The molecule has 0 aromatic rings. The first-order valence-corrected chi connectivity index (χ1v) is 8.36. The van der Waals surface area contributed by atoms with E-state index in [1.54, 1.807) is 0 Å². The lowest BCUT2D eigenvalue weighted by Gasteiger charge is -2.04. The van der Waals surface area contributed by atoms with Gasteiger partial charge in [-0.25, -0.2) is 0 Å². The van der Waals surface area contributed by atoms with Crippen LogP contribution in [0.25, 0.3) is 0 Å². The Bertz CT molecular complexity index is 153. The first-order valence-electron chi connectivity index (χ1n) is 8.36. The summed E-state index contributed by atoms with van der Waals surface area (Å²) >= 11 is 0. The molecule has 0 atom stereocenters. The summed E-state index contributed by atoms with van der Waals surface area (Å²) in [5.74, 6) is 0. The quantitative estimate of drug-likeness (QED) is 0.420. The maximum atomic E-state index is 8.36. The molecular formula is C16H36O6. The van der Waals surface area contributed by atoms with Gasteiger partial charge < -0.3 is 29.2 Å². The van der Waals surface area contributed by atoms with Gasteiger partial charge in [0.05, 0.1) is 52.9 Å². The van der Waals surface area contributed by atoms with Crippen LogP contribution in [0.4, 0.5) is 0 Å². The van der Waals surface area contributed by atoms with Gasteiger partial charge in [-0.15, -0.1) is 0 Å². The minimum absolute atomic E-state index is 0.0413. The number of hydrogen-bond acceptors (Lipinski definition) is 6. The van der Waals surface area contributed by atoms with Gasteiger partial charge in [-0.05, 0) is 12.8 Å². The highest BCUT2D eigenvalue weighted by Crippen LogP contribution is 1.91. The third-order valence-electron chi connectivity index (χ3n) is 2.50. The third kappa shape index (κ3) is 28.0. The molecule has 0 radical (unpaired) electrons. The van der Waals surface area contributed by atoms with E-state index in [0.717, 1.165) is 13.2 Å². The lowest BCUT2D eigenvalue weighted by molar-refractivity contribution is 0.00230. The van der Waals surface area contributed by atoms with Crippen molar-refractivity contribution in [2.24, 2.45) is 0 Å². The first-order chi connectivity index (χ1) is 10.8. The molecule has 0 aliphatic carbocycles. The maximum Gasteiger partial charge on any atom is 0.0701 e. The van der Waals surface area contributed by atoms with E-state index in [1.807, 2.05) is 0 Å². The molecule has 6 heteroatoms. The standard InChI is InChI=1S/C8H18O5.C8H18O/c9-1-3-11-5-7-13-8-6-12-4-2-10;1-3-5-7-9-8-6-4-2/h9-10H,1-8H2;3-8H2,1-2H3. The molecule has 0 bridgehead atoms. The molecule has 0 fully saturated rings. The largest absolute Gasteiger partial charge is 0.394 e. The fourth-order valence-electron chi connectivity index (χ4n) is 1.27. The number of unbranched alkanes of at least 4 members (excludes halogenated alkanes) is 2. The second-order valence-electron chi connectivity index (χ2n) is 4.60. The number of ether oxygens (including phenoxy) is 4. The minimum Gasteiger partial charge on any atom is -0.394 e. The second kappa shape index (κ2) is 25.7. The van der Waals surface area contributed by atoms with Gasteiger partial charge >= 0.3 is 0 Å². The SMILES string of the molecule is CCCCOCCCC.OCCOCCOCCOCCO. The summed E-state index contributed by atoms with van der Waals surface area (Å²) in [5, 5.41) is 16.7. The zero-order valence-electron chi connectivity index (χ0n) is 14.4. The molecule has 6 nitrogen and oxygen atoms in total. The highest BCUT2D eigenvalue weighted by molar-refractivity contribution is 4.34. The average molecular weight is 324 g/mol. The topological polar surface area (TPSA) is 77.4 Å². The van der Waals surface area contributed by atoms with Gasteiger partial charge in [0.2, 0.25) is 0 Å². The molecule has 0 aromatic carbocycles. The molecule has 0 spiro atoms. The maximum absolute atomic E-state index is 8.36. The summed E-state index contributed by atoms with van der Waals surface area (Å²) in [4.78, 5) is 0. The first kappa shape index (κ1) is 24.0. The van der Waals surface area contributed by atoms with Gasteiger partial charge in [-0.2, -0.15) is 0 Å². The van der Waals surface area contributed by atoms with E-state index in [9.17, 15) is 0 Å². The van der Waals surface area contributed by atoms with Gasteiger partial charge in [0.25, 0.3) is 0 Å². The van der Waals surface area contributed by atoms with Crippen LogP contribution in [0.3, 0.4) is 0 Å². The smallest absolute Gasteiger partial charge is 0.0701 e. The van der Waals surface area contributed by atoms with E-state index in [-0.39, 0.29) is 13.2 Å². The normalized spacial score (nSPS) is 10.4. The molecule has 0 heterocycles. The monoisotopic (exact) mass is 324 g/mol. The van der Waals surface area contributed by atoms with Crippen molar-refractivity contribution in [2.75, 3.05) is 66.1 Å². The van der Waals surface area contributed by atoms with Crippen molar-refractivity contribution in [2.45, 2.75) is 39.5 Å². The van der Waals surface area contributed by atoms with Gasteiger partial charge in [0.15, 0.2) is 0 Å². The highest BCUT2D eigenvalue weighted by atomic mass is 16.5. The summed E-state index contributed by atoms with van der Waals surface area (Å²) in [6.45, 7) is 9.04. The molecule has 0 aromatic heterocycles. The zero-order chi connectivity index (χ0) is 16.7. The molecule has 136 valence electrons. The molecular weight excluding hydrogens is 288 g/mol. The summed E-state index contributed by atoms with van der Waals surface area (Å²) in [6.07, 6.45) is 4.91. The summed E-state index contributed by atoms with van der Waals surface area (Å²) in [7, 11) is 0. The average Bonchev–Trinajstić information content (AvgIpc) is 2.54. The van der Waals surface area contributed by atoms with Crippen molar-refractivity contribution in [3.8, 4) is 0 Å². The number of hydrogen-bond donors (Lipinski definition) is 2. The molecule has 0 saturated carbocycles. The van der Waals surface area contributed by atoms with Crippen LogP contribution in [-0.2, 0) is 18.9 Å². The van der Waals surface area contributed by atoms with Crippen molar-refractivity contribution >= 4 is 0 Å². The van der Waals surface area contributed by atoms with Crippen LogP contribution in [0, 0.1) is 0 Å². The molecule has 0 saturated heterocycles. The van der Waals surface area contributed by atoms with Gasteiger partial charge in [-0.1, -0.05) is 26.7 Å². The van der Waals surface area contributed by atoms with Crippen LogP contribution < -0.4 is 0 Å². The van der Waals surface area contributed by atoms with E-state index < -0.39 is 0 Å². The van der Waals surface area contributed by atoms with Crippen LogP contribution in [-0.4, -0.2) is 76.3 Å². The molecule has 22 heavy (non-hydrogen) atoms. The summed E-state index contributed by atoms with van der Waals surface area (Å²) in [6, 6.07) is 0. The Hall–Kier alpha value is -0.240. The van der Waals surface area contributed by atoms with Crippen molar-refractivity contribution in [3.05, 3.63) is 0 Å². The third-order valence-corrected chi connectivity index (χ3v) is 2.50. The van der Waals surface area contributed by atoms with Crippen LogP contribution in [0.2, 0.25) is 0 Å². The lowest BCUT2D eigenvalue weighted by atomic mass is 10.3. The second-order valence-corrected chi connectivity index (χ2v) is 4.60. The van der Waals surface area contributed by atoms with Gasteiger partial charge in [0, 0.05) is 13.2 Å². The Morgan fingerprint density at radius 3 is 1.14 bits per heavy atom. The summed E-state index contributed by atoms with van der Waals surface area (Å²) < 4.78 is 20.3. The van der Waals surface area contributed by atoms with Crippen molar-refractivity contribution in [1.82, 2.24) is 0 Å². The fraction of sp³-hybridized carbons (Fsp3) is 1.00. The lowest BCUT2D eigenvalue weighted by Crippen LogP contribution is -2.11. The minimum atomic E-state index is 0.0413. The molecule has 0 unspecified atom stereocenters. The van der Waals surface area contributed by atoms with Crippen LogP contribution in [0.1, 0.15) is 39.5 Å². The Labute approximate surface area is 135 Å². The molecule has 0 aliphatic rings. The van der Waals surface area contributed by atoms with Crippen LogP contribution >= 0.6 is 0 Å². The van der Waals surface area contributed by atoms with Crippen molar-refractivity contribution < 1.29 is 29.2 Å². The number of aliphatic hydroxyl groups excluding tert-OH is 2. The van der Waals surface area contributed by atoms with Crippen LogP contribution in [0.15, 0.2) is 0 Å². The van der Waals surface area contributed by atoms with Crippen molar-refractivity contribution in [1.29, 1.82) is 0 Å². The van der Waals surface area contributed by atoms with Crippen LogP contribution in [0.5, 0.6) is 0 Å². The Balaban J connectivity index is 0. The summed E-state index contributed by atoms with van der Waals surface area (Å²) in [5.41, 5.74) is 0. The molecule has 0 amide bonds. The molecule has 0 rings (SSSR count). The van der Waals surface area contributed by atoms with E-state index in [0.29, 0.717) is 39.6 Å². The molecule has 2 N–H and O–H groups in total. The zero-order valence-corrected chi connectivity index (χ0v) is 14.4. The fourth-order valence-corrected chi connectivity index (χ4v) is 1.27. The highest BCUT2D eigenvalue weighted by Gasteiger charge is 1.90. The van der Waals surface area contributed by atoms with E-state index in [1.165, 1.54) is 25.7 Å². The predicted octanol–water partition coefficient (Wildman–Crippen LogP) is 1.62. The molecule has 0 aliphatic heterocycles. The Morgan fingerprint density at radius 2 is 0.818 bits per heavy atom. The van der Waals surface area contributed by atoms with Gasteiger partial charge in [-0.3, -0.25) is 0 Å². The van der Waals surface area contributed by atoms with E-state index in [2.05, 4.69) is 13.8 Å². The van der Waals surface area contributed by atoms with Crippen molar-refractivity contribution in [3.63, 3.8) is 0 Å². The number of rotatable bonds is 16. The number of aliphatic hydroxyl groups is 2. The van der Waals surface area contributed by atoms with E-state index >= 15 is 0 Å². The predicted molar refractivity (Wildman–Crippen MR) is 87.3 cm³/mol.